The van der Waals surface area contributed by atoms with E-state index in [1.807, 2.05) is 0 Å². The molecule has 0 spiro atoms. The van der Waals surface area contributed by atoms with Crippen molar-refractivity contribution in [2.75, 3.05) is 0 Å². The molecular weight excluding hydrogens is 458 g/mol. The van der Waals surface area contributed by atoms with Crippen molar-refractivity contribution >= 4 is 18.8 Å². The maximum absolute atomic E-state index is 2.58. The molecule has 0 heterocycles. The van der Waals surface area contributed by atoms with Gasteiger partial charge in [-0.05, 0) is 0 Å². The van der Waals surface area contributed by atoms with Crippen molar-refractivity contribution in [3.8, 4) is 0 Å². The van der Waals surface area contributed by atoms with Crippen LogP contribution in [0.5, 0.6) is 0 Å². The fourth-order valence-electron chi connectivity index (χ4n) is 4.22. The van der Waals surface area contributed by atoms with E-state index >= 15 is 0 Å². The van der Waals surface area contributed by atoms with Crippen molar-refractivity contribution in [2.24, 2.45) is 0 Å². The fourth-order valence-corrected chi connectivity index (χ4v) is 17.4. The third kappa shape index (κ3) is 5.84. The molecule has 4 aromatic carbocycles. The number of benzene rings is 4. The first-order valence-electron chi connectivity index (χ1n) is 10.3. The van der Waals surface area contributed by atoms with Gasteiger partial charge < -0.3 is 0 Å². The van der Waals surface area contributed by atoms with Gasteiger partial charge in [0, 0.05) is 0 Å². The van der Waals surface area contributed by atoms with E-state index in [4.69, 9.17) is 0 Å². The Labute approximate surface area is 179 Å². The van der Waals surface area contributed by atoms with Gasteiger partial charge in [0.05, 0.1) is 0 Å². The molecule has 29 heavy (non-hydrogen) atoms. The molecule has 0 aliphatic rings. The van der Waals surface area contributed by atoms with Crippen LogP contribution in [0.3, 0.4) is 0 Å². The maximum atomic E-state index is 2.32. The zero-order valence-corrected chi connectivity index (χ0v) is 19.4. The van der Waals surface area contributed by atoms with Crippen molar-refractivity contribution in [1.82, 2.24) is 0 Å². The van der Waals surface area contributed by atoms with E-state index in [-0.39, 0.29) is 0 Å². The molecule has 0 N–H and O–H groups in total. The van der Waals surface area contributed by atoms with Crippen molar-refractivity contribution in [3.05, 3.63) is 144 Å². The van der Waals surface area contributed by atoms with Gasteiger partial charge >= 0.3 is 180 Å². The van der Waals surface area contributed by atoms with Gasteiger partial charge in [-0.3, -0.25) is 0 Å². The summed E-state index contributed by atoms with van der Waals surface area (Å²) in [5.41, 5.74) is 6.00. The summed E-state index contributed by atoms with van der Waals surface area (Å²) in [6.45, 7) is 0. The van der Waals surface area contributed by atoms with Gasteiger partial charge in [-0.1, -0.05) is 0 Å². The molecule has 1 heteroatoms. The Morgan fingerprint density at radius 3 is 0.724 bits per heavy atom. The predicted molar refractivity (Wildman–Crippen MR) is 126 cm³/mol. The Bertz CT molecular complexity index is 808. The van der Waals surface area contributed by atoms with Crippen LogP contribution in [-0.2, 0) is 17.5 Å². The fraction of sp³-hybridized carbons (Fsp3) is 0.143. The average molecular weight is 486 g/mol. The molecule has 0 radical (unpaired) electrons. The summed E-state index contributed by atoms with van der Waals surface area (Å²) >= 11 is -2.58. The van der Waals surface area contributed by atoms with E-state index in [9.17, 15) is 0 Å². The van der Waals surface area contributed by atoms with Crippen LogP contribution in [0.1, 0.15) is 22.3 Å². The van der Waals surface area contributed by atoms with Crippen LogP contribution >= 0.6 is 0 Å². The van der Waals surface area contributed by atoms with Crippen LogP contribution in [0.15, 0.2) is 121 Å². The standard InChI is InChI=1S/4C7H7.Sb/c4*1-7-5-3-2-4-6-7;/h4*2-6H,1H2;/q;;;;+1. The van der Waals surface area contributed by atoms with Crippen LogP contribution in [0, 0.1) is 0 Å². The Kier molecular flexibility index (Phi) is 6.86. The quantitative estimate of drug-likeness (QED) is 0.248. The van der Waals surface area contributed by atoms with Crippen LogP contribution in [0.4, 0.5) is 0 Å². The summed E-state index contributed by atoms with van der Waals surface area (Å²) in [5.74, 6) is 0. The van der Waals surface area contributed by atoms with E-state index in [1.165, 1.54) is 39.7 Å². The summed E-state index contributed by atoms with van der Waals surface area (Å²) in [5, 5.41) is 0. The second kappa shape index (κ2) is 9.95. The van der Waals surface area contributed by atoms with E-state index < -0.39 is 18.8 Å². The summed E-state index contributed by atoms with van der Waals surface area (Å²) in [4.78, 5) is 0. The third-order valence-corrected chi connectivity index (χ3v) is 17.3. The number of rotatable bonds is 8. The summed E-state index contributed by atoms with van der Waals surface area (Å²) in [6.07, 6.45) is 0. The van der Waals surface area contributed by atoms with Gasteiger partial charge in [-0.2, -0.15) is 0 Å². The Morgan fingerprint density at radius 1 is 0.310 bits per heavy atom. The Hall–Kier alpha value is -2.30. The Morgan fingerprint density at radius 2 is 0.517 bits per heavy atom. The van der Waals surface area contributed by atoms with Crippen LogP contribution in [-0.4, -0.2) is 18.8 Å². The minimum atomic E-state index is -2.58. The molecule has 0 bridgehead atoms. The molecule has 144 valence electrons. The van der Waals surface area contributed by atoms with Crippen molar-refractivity contribution in [2.45, 2.75) is 17.5 Å². The molecule has 0 saturated heterocycles. The van der Waals surface area contributed by atoms with Crippen molar-refractivity contribution in [3.63, 3.8) is 0 Å². The minimum absolute atomic E-state index is 1.26. The van der Waals surface area contributed by atoms with Crippen molar-refractivity contribution < 1.29 is 0 Å². The second-order valence-corrected chi connectivity index (χ2v) is 19.2. The molecule has 4 aromatic rings. The van der Waals surface area contributed by atoms with E-state index in [0.29, 0.717) is 0 Å². The molecule has 4 rings (SSSR count). The first kappa shape index (κ1) is 20.0. The molecule has 0 aliphatic carbocycles. The van der Waals surface area contributed by atoms with E-state index in [1.54, 1.807) is 0 Å². The molecule has 0 fully saturated rings. The van der Waals surface area contributed by atoms with Gasteiger partial charge in [-0.15, -0.1) is 0 Å². The van der Waals surface area contributed by atoms with Crippen LogP contribution in [0.2, 0.25) is 0 Å². The summed E-state index contributed by atoms with van der Waals surface area (Å²) < 4.78 is 5.05. The molecule has 0 atom stereocenters. The molecular formula is C28H28Sb+. The second-order valence-electron chi connectivity index (χ2n) is 7.92. The summed E-state index contributed by atoms with van der Waals surface area (Å²) in [6, 6.07) is 44.6. The zero-order valence-electron chi connectivity index (χ0n) is 16.8. The number of hydrogen-bond acceptors (Lipinski definition) is 0. The third-order valence-electron chi connectivity index (χ3n) is 5.44. The van der Waals surface area contributed by atoms with Crippen LogP contribution in [0.25, 0.3) is 0 Å². The van der Waals surface area contributed by atoms with E-state index in [2.05, 4.69) is 121 Å². The number of hydrogen-bond donors (Lipinski definition) is 0. The van der Waals surface area contributed by atoms with Gasteiger partial charge in [0.2, 0.25) is 0 Å². The molecule has 0 saturated carbocycles. The van der Waals surface area contributed by atoms with Gasteiger partial charge in [0.25, 0.3) is 0 Å². The van der Waals surface area contributed by atoms with Gasteiger partial charge in [0.1, 0.15) is 0 Å². The normalized spacial score (nSPS) is 11.3. The van der Waals surface area contributed by atoms with Gasteiger partial charge in [0.15, 0.2) is 0 Å². The summed E-state index contributed by atoms with van der Waals surface area (Å²) in [7, 11) is 0. The topological polar surface area (TPSA) is 0 Å². The zero-order chi connectivity index (χ0) is 19.8. The average Bonchev–Trinajstić information content (AvgIpc) is 2.76. The predicted octanol–water partition coefficient (Wildman–Crippen LogP) is 6.56. The molecule has 0 aliphatic heterocycles. The van der Waals surface area contributed by atoms with Crippen LogP contribution < -0.4 is 0 Å². The first-order chi connectivity index (χ1) is 14.3. The monoisotopic (exact) mass is 485 g/mol. The first-order valence-corrected chi connectivity index (χ1v) is 17.5. The molecule has 0 aromatic heterocycles. The molecule has 0 amide bonds. The molecule has 0 nitrogen and oxygen atoms in total. The Balaban J connectivity index is 1.75. The van der Waals surface area contributed by atoms with Crippen molar-refractivity contribution in [1.29, 1.82) is 0 Å². The van der Waals surface area contributed by atoms with E-state index in [0.717, 1.165) is 0 Å². The van der Waals surface area contributed by atoms with Gasteiger partial charge in [-0.25, -0.2) is 0 Å². The molecule has 0 unspecified atom stereocenters. The SMILES string of the molecule is c1ccc([CH2][Sb+]([CH2]c2ccccc2)([CH2]c2ccccc2)[CH2]c2ccccc2)cc1.